The zero-order valence-electron chi connectivity index (χ0n) is 11.8. The van der Waals surface area contributed by atoms with Crippen molar-refractivity contribution in [2.45, 2.75) is 39.3 Å². The minimum Gasteiger partial charge on any atom is -0.325 e. The smallest absolute Gasteiger partial charge is 0.1000 e. The van der Waals surface area contributed by atoms with Crippen LogP contribution in [0.1, 0.15) is 37.7 Å². The molecule has 2 N–H and O–H groups in total. The van der Waals surface area contributed by atoms with E-state index in [4.69, 9.17) is 28.9 Å². The standard InChI is InChI=1S/C14H18Cl2N4/c1-14(2,3)13-12(7-17)18-19-20(13)8-9-10(15)5-4-6-11(9)16/h4-6H,7-8,17H2,1-3H3. The minimum atomic E-state index is -0.105. The Kier molecular flexibility index (Phi) is 4.37. The second-order valence-corrected chi connectivity index (χ2v) is 6.51. The average Bonchev–Trinajstić information content (AvgIpc) is 2.76. The Balaban J connectivity index is 2.47. The molecular weight excluding hydrogens is 295 g/mol. The molecule has 2 aromatic rings. The Hall–Kier alpha value is -1.10. The highest BCUT2D eigenvalue weighted by Crippen LogP contribution is 2.29. The molecule has 0 fully saturated rings. The molecule has 0 saturated carbocycles. The molecule has 0 aliphatic rings. The van der Waals surface area contributed by atoms with Crippen molar-refractivity contribution < 1.29 is 0 Å². The maximum Gasteiger partial charge on any atom is 0.1000 e. The lowest BCUT2D eigenvalue weighted by molar-refractivity contribution is 0.498. The van der Waals surface area contributed by atoms with Gasteiger partial charge < -0.3 is 5.73 Å². The topological polar surface area (TPSA) is 56.7 Å². The Morgan fingerprint density at radius 2 is 1.80 bits per heavy atom. The van der Waals surface area contributed by atoms with Crippen LogP contribution in [-0.4, -0.2) is 15.0 Å². The van der Waals surface area contributed by atoms with E-state index in [0.717, 1.165) is 17.0 Å². The molecule has 1 aromatic heterocycles. The van der Waals surface area contributed by atoms with Crippen molar-refractivity contribution in [3.8, 4) is 0 Å². The third-order valence-electron chi connectivity index (χ3n) is 3.08. The van der Waals surface area contributed by atoms with E-state index in [1.165, 1.54) is 0 Å². The van der Waals surface area contributed by atoms with E-state index in [0.29, 0.717) is 23.1 Å². The van der Waals surface area contributed by atoms with Crippen molar-refractivity contribution in [2.75, 3.05) is 0 Å². The first-order chi connectivity index (χ1) is 9.34. The molecule has 108 valence electrons. The van der Waals surface area contributed by atoms with Crippen LogP contribution in [0, 0.1) is 0 Å². The van der Waals surface area contributed by atoms with Crippen LogP contribution >= 0.6 is 23.2 Å². The number of aromatic nitrogens is 3. The normalized spacial score (nSPS) is 11.9. The zero-order chi connectivity index (χ0) is 14.9. The van der Waals surface area contributed by atoms with E-state index < -0.39 is 0 Å². The summed E-state index contributed by atoms with van der Waals surface area (Å²) in [6.07, 6.45) is 0. The largest absolute Gasteiger partial charge is 0.325 e. The summed E-state index contributed by atoms with van der Waals surface area (Å²) in [7, 11) is 0. The van der Waals surface area contributed by atoms with Gasteiger partial charge in [-0.1, -0.05) is 55.3 Å². The SMILES string of the molecule is CC(C)(C)c1c(CN)nnn1Cc1c(Cl)cccc1Cl. The Morgan fingerprint density at radius 3 is 2.30 bits per heavy atom. The highest BCUT2D eigenvalue weighted by atomic mass is 35.5. The molecule has 20 heavy (non-hydrogen) atoms. The third-order valence-corrected chi connectivity index (χ3v) is 3.79. The fourth-order valence-corrected chi connectivity index (χ4v) is 2.77. The van der Waals surface area contributed by atoms with Crippen molar-refractivity contribution in [2.24, 2.45) is 5.73 Å². The van der Waals surface area contributed by atoms with E-state index >= 15 is 0 Å². The van der Waals surface area contributed by atoms with Crippen molar-refractivity contribution in [1.29, 1.82) is 0 Å². The second kappa shape index (κ2) is 5.72. The number of nitrogens with zero attached hydrogens (tertiary/aromatic N) is 3. The molecule has 6 heteroatoms. The van der Waals surface area contributed by atoms with Gasteiger partial charge in [0, 0.05) is 27.6 Å². The molecule has 0 aliphatic carbocycles. The molecule has 1 heterocycles. The average molecular weight is 313 g/mol. The third kappa shape index (κ3) is 2.97. The van der Waals surface area contributed by atoms with Crippen molar-refractivity contribution in [3.05, 3.63) is 45.2 Å². The summed E-state index contributed by atoms with van der Waals surface area (Å²) in [6.45, 7) is 7.17. The van der Waals surface area contributed by atoms with Crippen LogP contribution in [0.15, 0.2) is 18.2 Å². The van der Waals surface area contributed by atoms with Gasteiger partial charge in [-0.15, -0.1) is 5.10 Å². The highest BCUT2D eigenvalue weighted by molar-refractivity contribution is 6.35. The summed E-state index contributed by atoms with van der Waals surface area (Å²) in [5, 5.41) is 9.61. The fourth-order valence-electron chi connectivity index (χ4n) is 2.25. The van der Waals surface area contributed by atoms with E-state index in [2.05, 4.69) is 31.1 Å². The maximum atomic E-state index is 6.22. The van der Waals surface area contributed by atoms with Gasteiger partial charge >= 0.3 is 0 Å². The lowest BCUT2D eigenvalue weighted by Crippen LogP contribution is -2.22. The van der Waals surface area contributed by atoms with Gasteiger partial charge in [-0.2, -0.15) is 0 Å². The molecule has 0 radical (unpaired) electrons. The van der Waals surface area contributed by atoms with E-state index in [-0.39, 0.29) is 5.41 Å². The van der Waals surface area contributed by atoms with E-state index in [1.54, 1.807) is 0 Å². The van der Waals surface area contributed by atoms with Crippen molar-refractivity contribution in [3.63, 3.8) is 0 Å². The van der Waals surface area contributed by atoms with E-state index in [9.17, 15) is 0 Å². The first-order valence-corrected chi connectivity index (χ1v) is 7.16. The summed E-state index contributed by atoms with van der Waals surface area (Å²) < 4.78 is 1.83. The molecule has 0 unspecified atom stereocenters. The maximum absolute atomic E-state index is 6.22. The van der Waals surface area contributed by atoms with Gasteiger partial charge in [0.15, 0.2) is 0 Å². The summed E-state index contributed by atoms with van der Waals surface area (Å²) in [6, 6.07) is 5.46. The molecule has 0 amide bonds. The molecule has 0 saturated heterocycles. The molecule has 0 aliphatic heterocycles. The molecule has 0 spiro atoms. The van der Waals surface area contributed by atoms with Gasteiger partial charge in [-0.3, -0.25) is 0 Å². The molecule has 1 aromatic carbocycles. The fraction of sp³-hybridized carbons (Fsp3) is 0.429. The van der Waals surface area contributed by atoms with Crippen LogP contribution in [0.5, 0.6) is 0 Å². The predicted octanol–water partition coefficient (Wildman–Crippen LogP) is 3.39. The van der Waals surface area contributed by atoms with Crippen LogP contribution in [-0.2, 0) is 18.5 Å². The lowest BCUT2D eigenvalue weighted by atomic mass is 9.90. The minimum absolute atomic E-state index is 0.105. The van der Waals surface area contributed by atoms with Gasteiger partial charge in [-0.05, 0) is 12.1 Å². The highest BCUT2D eigenvalue weighted by Gasteiger charge is 2.25. The Labute approximate surface area is 128 Å². The Morgan fingerprint density at radius 1 is 1.20 bits per heavy atom. The zero-order valence-corrected chi connectivity index (χ0v) is 13.3. The Bertz CT molecular complexity index is 594. The van der Waals surface area contributed by atoms with Crippen LogP contribution < -0.4 is 5.73 Å². The van der Waals surface area contributed by atoms with E-state index in [1.807, 2.05) is 22.9 Å². The number of benzene rings is 1. The summed E-state index contributed by atoms with van der Waals surface area (Å²) in [4.78, 5) is 0. The molecule has 0 atom stereocenters. The number of hydrogen-bond acceptors (Lipinski definition) is 3. The number of hydrogen-bond donors (Lipinski definition) is 1. The first-order valence-electron chi connectivity index (χ1n) is 6.40. The number of halogens is 2. The van der Waals surface area contributed by atoms with Gasteiger partial charge in [0.1, 0.15) is 0 Å². The van der Waals surface area contributed by atoms with Gasteiger partial charge in [-0.25, -0.2) is 4.68 Å². The molecular formula is C14H18Cl2N4. The molecule has 4 nitrogen and oxygen atoms in total. The van der Waals surface area contributed by atoms with Crippen LogP contribution in [0.2, 0.25) is 10.0 Å². The molecule has 0 bridgehead atoms. The first kappa shape index (κ1) is 15.3. The van der Waals surface area contributed by atoms with Crippen molar-refractivity contribution >= 4 is 23.2 Å². The monoisotopic (exact) mass is 312 g/mol. The van der Waals surface area contributed by atoms with Crippen LogP contribution in [0.4, 0.5) is 0 Å². The summed E-state index contributed by atoms with van der Waals surface area (Å²) >= 11 is 12.4. The number of rotatable bonds is 3. The number of nitrogens with two attached hydrogens (primary N) is 1. The van der Waals surface area contributed by atoms with Gasteiger partial charge in [0.25, 0.3) is 0 Å². The quantitative estimate of drug-likeness (QED) is 0.945. The lowest BCUT2D eigenvalue weighted by Gasteiger charge is -2.21. The summed E-state index contributed by atoms with van der Waals surface area (Å²) in [5.74, 6) is 0. The summed E-state index contributed by atoms with van der Waals surface area (Å²) in [5.41, 5.74) is 8.30. The van der Waals surface area contributed by atoms with Gasteiger partial charge in [0.05, 0.1) is 17.9 Å². The van der Waals surface area contributed by atoms with Crippen LogP contribution in [0.3, 0.4) is 0 Å². The molecule has 2 rings (SSSR count). The van der Waals surface area contributed by atoms with Crippen LogP contribution in [0.25, 0.3) is 0 Å². The van der Waals surface area contributed by atoms with Gasteiger partial charge in [0.2, 0.25) is 0 Å². The second-order valence-electron chi connectivity index (χ2n) is 5.70. The van der Waals surface area contributed by atoms with Crippen molar-refractivity contribution in [1.82, 2.24) is 15.0 Å². The predicted molar refractivity (Wildman–Crippen MR) is 82.2 cm³/mol.